The van der Waals surface area contributed by atoms with Gasteiger partial charge in [0.1, 0.15) is 18.0 Å². The van der Waals surface area contributed by atoms with Gasteiger partial charge in [-0.05, 0) is 33.6 Å². The molecule has 2 N–H and O–H groups in total. The number of likely N-dealkylation sites (N-methyl/N-ethyl adjacent to an activating group) is 1. The molecule has 0 saturated carbocycles. The molecule has 0 spiro atoms. The monoisotopic (exact) mass is 407 g/mol. The van der Waals surface area contributed by atoms with Crippen LogP contribution in [-0.2, 0) is 9.53 Å². The molecule has 1 aromatic heterocycles. The third-order valence-corrected chi connectivity index (χ3v) is 3.41. The van der Waals surface area contributed by atoms with E-state index in [0.29, 0.717) is 37.3 Å². The first-order chi connectivity index (χ1) is 13.6. The second-order valence-electron chi connectivity index (χ2n) is 7.42. The van der Waals surface area contributed by atoms with E-state index in [9.17, 15) is 14.0 Å². The summed E-state index contributed by atoms with van der Waals surface area (Å²) in [5.41, 5.74) is -0.0787. The van der Waals surface area contributed by atoms with Gasteiger partial charge >= 0.3 is 12.2 Å². The number of rotatable bonds is 8. The van der Waals surface area contributed by atoms with Gasteiger partial charge in [-0.25, -0.2) is 9.78 Å². The van der Waals surface area contributed by atoms with Gasteiger partial charge in [0, 0.05) is 26.6 Å². The minimum absolute atomic E-state index is 0.0834. The highest BCUT2D eigenvalue weighted by atomic mass is 19.1. The smallest absolute Gasteiger partial charge is 0.410 e. The second-order valence-corrected chi connectivity index (χ2v) is 7.42. The van der Waals surface area contributed by atoms with Gasteiger partial charge in [0.05, 0.1) is 11.8 Å². The molecule has 8 nitrogen and oxygen atoms in total. The van der Waals surface area contributed by atoms with Crippen LogP contribution in [0.5, 0.6) is 0 Å². The molecule has 0 aliphatic heterocycles. The van der Waals surface area contributed by atoms with Crippen LogP contribution in [0, 0.1) is 17.9 Å². The first-order valence-electron chi connectivity index (χ1n) is 9.58. The van der Waals surface area contributed by atoms with Crippen LogP contribution >= 0.6 is 0 Å². The maximum absolute atomic E-state index is 13.2. The molecule has 160 valence electrons. The van der Waals surface area contributed by atoms with Gasteiger partial charge in [-0.3, -0.25) is 4.79 Å². The van der Waals surface area contributed by atoms with Gasteiger partial charge in [-0.15, -0.1) is 0 Å². The first-order valence-corrected chi connectivity index (χ1v) is 9.58. The fraction of sp³-hybridized carbons (Fsp3) is 0.600. The van der Waals surface area contributed by atoms with Crippen molar-refractivity contribution in [3.63, 3.8) is 0 Å². The Bertz CT molecular complexity index is 753. The van der Waals surface area contributed by atoms with Crippen molar-refractivity contribution >= 4 is 17.8 Å². The lowest BCUT2D eigenvalue weighted by atomic mass is 10.2. The lowest BCUT2D eigenvalue weighted by Gasteiger charge is -2.24. The number of ether oxygens (including phenoxy) is 1. The number of nitrogens with zero attached hydrogens (tertiary/aromatic N) is 3. The predicted octanol–water partition coefficient (Wildman–Crippen LogP) is 2.55. The number of carbonyl (C=O) groups excluding carboxylic acids is 2. The fourth-order valence-corrected chi connectivity index (χ4v) is 2.07. The third kappa shape index (κ3) is 10.3. The number of nitrogens with one attached hydrogen (secondary N) is 2. The Morgan fingerprint density at radius 1 is 1.31 bits per heavy atom. The summed E-state index contributed by atoms with van der Waals surface area (Å²) in [6, 6.07) is 0. The maximum Gasteiger partial charge on any atom is 0.410 e. The number of anilines is 1. The average molecular weight is 407 g/mol. The molecule has 9 heteroatoms. The minimum Gasteiger partial charge on any atom is -0.444 e. The summed E-state index contributed by atoms with van der Waals surface area (Å²) in [6.45, 7) is 8.29. The van der Waals surface area contributed by atoms with Crippen molar-refractivity contribution in [2.24, 2.45) is 0 Å². The summed E-state index contributed by atoms with van der Waals surface area (Å²) in [6.07, 6.45) is 2.05. The molecule has 0 aromatic carbocycles. The van der Waals surface area contributed by atoms with Crippen molar-refractivity contribution in [2.45, 2.75) is 52.6 Å². The van der Waals surface area contributed by atoms with Crippen LogP contribution < -0.4 is 10.6 Å². The zero-order chi connectivity index (χ0) is 21.9. The van der Waals surface area contributed by atoms with E-state index in [1.807, 2.05) is 6.92 Å². The molecule has 0 atom stereocenters. The third-order valence-electron chi connectivity index (χ3n) is 3.41. The molecule has 0 aliphatic carbocycles. The zero-order valence-electron chi connectivity index (χ0n) is 17.8. The van der Waals surface area contributed by atoms with E-state index in [1.54, 1.807) is 20.8 Å². The highest BCUT2D eigenvalue weighted by Crippen LogP contribution is 2.10. The van der Waals surface area contributed by atoms with Crippen molar-refractivity contribution in [3.8, 4) is 11.8 Å². The maximum atomic E-state index is 13.2. The van der Waals surface area contributed by atoms with E-state index in [2.05, 4.69) is 32.4 Å². The number of hydrogen-bond donors (Lipinski definition) is 2. The van der Waals surface area contributed by atoms with Gasteiger partial charge in [0.15, 0.2) is 0 Å². The molecule has 0 unspecified atom stereocenters. The molecule has 1 aromatic rings. The predicted molar refractivity (Wildman–Crippen MR) is 109 cm³/mol. The summed E-state index contributed by atoms with van der Waals surface area (Å²) >= 11 is 0. The highest BCUT2D eigenvalue weighted by molar-refractivity contribution is 5.82. The van der Waals surface area contributed by atoms with E-state index in [1.165, 1.54) is 18.1 Å². The molecule has 0 radical (unpaired) electrons. The van der Waals surface area contributed by atoms with Gasteiger partial charge in [0.2, 0.25) is 5.91 Å². The Morgan fingerprint density at radius 2 is 2.03 bits per heavy atom. The Hall–Kier alpha value is -2.89. The number of hydrogen-bond acceptors (Lipinski definition) is 6. The van der Waals surface area contributed by atoms with Crippen molar-refractivity contribution in [2.75, 3.05) is 32.0 Å². The Morgan fingerprint density at radius 3 is 2.69 bits per heavy atom. The summed E-state index contributed by atoms with van der Waals surface area (Å²) in [5.74, 6) is 5.99. The van der Waals surface area contributed by atoms with Gasteiger partial charge in [-0.1, -0.05) is 18.8 Å². The standard InChI is InChI=1S/C20H30FN5O3/c1-6-11-23-17-15(13-24-18(21)25-17)10-8-7-9-12-22-16(27)14-26(5)19(28)29-20(2,3)4/h13H,6-7,9,11-12,14H2,1-5H3,(H,22,27)(H,23,24,25). The number of amides is 2. The summed E-state index contributed by atoms with van der Waals surface area (Å²) in [7, 11) is 1.51. The van der Waals surface area contributed by atoms with Crippen molar-refractivity contribution in [1.29, 1.82) is 0 Å². The molecule has 1 rings (SSSR count). The lowest BCUT2D eigenvalue weighted by molar-refractivity contribution is -0.122. The van der Waals surface area contributed by atoms with Crippen molar-refractivity contribution in [3.05, 3.63) is 17.8 Å². The SMILES string of the molecule is CCCNc1nc(F)ncc1C#CCCCNC(=O)CN(C)C(=O)OC(C)(C)C. The summed E-state index contributed by atoms with van der Waals surface area (Å²) in [5, 5.41) is 5.75. The zero-order valence-corrected chi connectivity index (χ0v) is 17.8. The molecule has 0 fully saturated rings. The van der Waals surface area contributed by atoms with Crippen molar-refractivity contribution < 1.29 is 18.7 Å². The summed E-state index contributed by atoms with van der Waals surface area (Å²) < 4.78 is 18.4. The van der Waals surface area contributed by atoms with E-state index in [4.69, 9.17) is 4.74 Å². The Labute approximate surface area is 171 Å². The van der Waals surface area contributed by atoms with Crippen LogP contribution in [-0.4, -0.2) is 59.2 Å². The van der Waals surface area contributed by atoms with Gasteiger partial charge < -0.3 is 20.3 Å². The van der Waals surface area contributed by atoms with E-state index in [0.717, 1.165) is 6.42 Å². The number of unbranched alkanes of at least 4 members (excludes halogenated alkanes) is 1. The number of carbonyl (C=O) groups is 2. The quantitative estimate of drug-likeness (QED) is 0.391. The molecular formula is C20H30FN5O3. The summed E-state index contributed by atoms with van der Waals surface area (Å²) in [4.78, 5) is 32.2. The Balaban J connectivity index is 2.38. The van der Waals surface area contributed by atoms with Crippen LogP contribution in [0.4, 0.5) is 15.0 Å². The molecule has 29 heavy (non-hydrogen) atoms. The number of halogens is 1. The highest BCUT2D eigenvalue weighted by Gasteiger charge is 2.20. The van der Waals surface area contributed by atoms with E-state index < -0.39 is 17.8 Å². The minimum atomic E-state index is -0.798. The fourth-order valence-electron chi connectivity index (χ4n) is 2.07. The molecule has 0 saturated heterocycles. The molecule has 0 bridgehead atoms. The van der Waals surface area contributed by atoms with Crippen LogP contribution in [0.2, 0.25) is 0 Å². The van der Waals surface area contributed by atoms with Crippen molar-refractivity contribution in [1.82, 2.24) is 20.2 Å². The Kier molecular flexibility index (Phi) is 9.86. The van der Waals surface area contributed by atoms with Gasteiger partial charge in [-0.2, -0.15) is 9.37 Å². The lowest BCUT2D eigenvalue weighted by Crippen LogP contribution is -2.41. The van der Waals surface area contributed by atoms with Crippen LogP contribution in [0.25, 0.3) is 0 Å². The molecule has 2 amide bonds. The van der Waals surface area contributed by atoms with Crippen LogP contribution in [0.15, 0.2) is 6.20 Å². The normalized spacial score (nSPS) is 10.6. The van der Waals surface area contributed by atoms with Crippen LogP contribution in [0.1, 0.15) is 52.5 Å². The average Bonchev–Trinajstić information content (AvgIpc) is 2.62. The van der Waals surface area contributed by atoms with Gasteiger partial charge in [0.25, 0.3) is 0 Å². The molecular weight excluding hydrogens is 377 g/mol. The van der Waals surface area contributed by atoms with Crippen LogP contribution in [0.3, 0.4) is 0 Å². The number of aromatic nitrogens is 2. The molecule has 0 aliphatic rings. The second kappa shape index (κ2) is 11.8. The topological polar surface area (TPSA) is 96.5 Å². The van der Waals surface area contributed by atoms with E-state index >= 15 is 0 Å². The first kappa shape index (κ1) is 24.1. The van der Waals surface area contributed by atoms with E-state index in [-0.39, 0.29) is 12.5 Å². The largest absolute Gasteiger partial charge is 0.444 e. The molecule has 1 heterocycles.